The Morgan fingerprint density at radius 3 is 2.61 bits per heavy atom. The van der Waals surface area contributed by atoms with Gasteiger partial charge in [0.15, 0.2) is 0 Å². The Labute approximate surface area is 111 Å². The van der Waals surface area contributed by atoms with Crippen molar-refractivity contribution in [1.29, 1.82) is 0 Å². The van der Waals surface area contributed by atoms with Crippen LogP contribution in [0.25, 0.3) is 0 Å². The molecule has 1 fully saturated rings. The maximum absolute atomic E-state index is 5.51. The molecule has 18 heavy (non-hydrogen) atoms. The second-order valence-corrected chi connectivity index (χ2v) is 5.61. The monoisotopic (exact) mass is 247 g/mol. The van der Waals surface area contributed by atoms with Crippen LogP contribution in [0.2, 0.25) is 0 Å². The second-order valence-electron chi connectivity index (χ2n) is 5.61. The third kappa shape index (κ3) is 2.69. The van der Waals surface area contributed by atoms with E-state index in [0.717, 1.165) is 12.3 Å². The number of methoxy groups -OCH3 is 1. The van der Waals surface area contributed by atoms with Crippen LogP contribution < -0.4 is 10.1 Å². The molecule has 1 saturated heterocycles. The maximum atomic E-state index is 5.51. The molecule has 100 valence electrons. The lowest BCUT2D eigenvalue weighted by Gasteiger charge is -2.27. The van der Waals surface area contributed by atoms with E-state index in [-0.39, 0.29) is 0 Å². The van der Waals surface area contributed by atoms with Gasteiger partial charge in [-0.25, -0.2) is 0 Å². The molecule has 1 aliphatic rings. The van der Waals surface area contributed by atoms with E-state index in [9.17, 15) is 0 Å². The summed E-state index contributed by atoms with van der Waals surface area (Å²) in [7, 11) is 1.76. The van der Waals surface area contributed by atoms with Gasteiger partial charge in [-0.1, -0.05) is 26.3 Å². The van der Waals surface area contributed by atoms with Crippen molar-refractivity contribution in [3.05, 3.63) is 28.8 Å². The summed E-state index contributed by atoms with van der Waals surface area (Å²) >= 11 is 0. The van der Waals surface area contributed by atoms with Gasteiger partial charge in [-0.15, -0.1) is 0 Å². The summed E-state index contributed by atoms with van der Waals surface area (Å²) in [6.07, 6.45) is 3.90. The third-order valence-electron chi connectivity index (χ3n) is 3.93. The van der Waals surface area contributed by atoms with Crippen molar-refractivity contribution in [1.82, 2.24) is 5.32 Å². The first kappa shape index (κ1) is 13.4. The highest BCUT2D eigenvalue weighted by Gasteiger charge is 2.19. The molecule has 1 N–H and O–H groups in total. The summed E-state index contributed by atoms with van der Waals surface area (Å²) in [5.74, 6) is 1.53. The van der Waals surface area contributed by atoms with Gasteiger partial charge in [-0.2, -0.15) is 0 Å². The molecule has 0 radical (unpaired) electrons. The number of hydrogen-bond donors (Lipinski definition) is 1. The van der Waals surface area contributed by atoms with Gasteiger partial charge in [-0.3, -0.25) is 0 Å². The molecule has 2 rings (SSSR count). The quantitative estimate of drug-likeness (QED) is 0.873. The molecule has 2 nitrogen and oxygen atoms in total. The van der Waals surface area contributed by atoms with Crippen LogP contribution >= 0.6 is 0 Å². The summed E-state index contributed by atoms with van der Waals surface area (Å²) in [6.45, 7) is 7.79. The minimum atomic E-state index is 0.503. The number of aryl methyl sites for hydroxylation is 1. The molecule has 1 unspecified atom stereocenters. The minimum absolute atomic E-state index is 0.503. The van der Waals surface area contributed by atoms with Crippen LogP contribution in [0.4, 0.5) is 0 Å². The van der Waals surface area contributed by atoms with E-state index < -0.39 is 0 Å². The van der Waals surface area contributed by atoms with Gasteiger partial charge in [0, 0.05) is 6.04 Å². The highest BCUT2D eigenvalue weighted by Crippen LogP contribution is 2.34. The maximum Gasteiger partial charge on any atom is 0.122 e. The highest BCUT2D eigenvalue weighted by molar-refractivity contribution is 5.45. The fraction of sp³-hybridized carbons (Fsp3) is 0.625. The Morgan fingerprint density at radius 2 is 2.06 bits per heavy atom. The van der Waals surface area contributed by atoms with Crippen LogP contribution in [0.5, 0.6) is 5.75 Å². The highest BCUT2D eigenvalue weighted by atomic mass is 16.5. The molecule has 1 aliphatic heterocycles. The van der Waals surface area contributed by atoms with Crippen molar-refractivity contribution in [2.24, 2.45) is 0 Å². The van der Waals surface area contributed by atoms with Crippen molar-refractivity contribution in [3.63, 3.8) is 0 Å². The van der Waals surface area contributed by atoms with Crippen molar-refractivity contribution in [2.75, 3.05) is 13.7 Å². The zero-order valence-electron chi connectivity index (χ0n) is 12.0. The molecule has 1 aromatic carbocycles. The Bertz CT molecular complexity index is 406. The van der Waals surface area contributed by atoms with Gasteiger partial charge in [-0.05, 0) is 55.0 Å². The molecule has 0 amide bonds. The van der Waals surface area contributed by atoms with Crippen LogP contribution in [-0.2, 0) is 0 Å². The summed E-state index contributed by atoms with van der Waals surface area (Å²) in [5, 5.41) is 3.64. The lowest BCUT2D eigenvalue weighted by molar-refractivity contribution is 0.399. The van der Waals surface area contributed by atoms with Gasteiger partial charge in [0.25, 0.3) is 0 Å². The zero-order valence-corrected chi connectivity index (χ0v) is 12.0. The number of rotatable bonds is 3. The number of benzene rings is 1. The predicted octanol–water partition coefficient (Wildman–Crippen LogP) is 3.94. The Balaban J connectivity index is 2.37. The van der Waals surface area contributed by atoms with Crippen molar-refractivity contribution < 1.29 is 4.74 Å². The SMILES string of the molecule is COc1cc(C)c(C2CCCCN2)cc1C(C)C. The average molecular weight is 247 g/mol. The smallest absolute Gasteiger partial charge is 0.122 e. The summed E-state index contributed by atoms with van der Waals surface area (Å²) in [5.41, 5.74) is 4.13. The van der Waals surface area contributed by atoms with E-state index in [1.807, 2.05) is 0 Å². The van der Waals surface area contributed by atoms with E-state index in [1.54, 1.807) is 7.11 Å². The fourth-order valence-corrected chi connectivity index (χ4v) is 2.84. The van der Waals surface area contributed by atoms with Gasteiger partial charge in [0.1, 0.15) is 5.75 Å². The molecule has 0 aliphatic carbocycles. The molecule has 0 spiro atoms. The van der Waals surface area contributed by atoms with E-state index in [2.05, 4.69) is 38.2 Å². The summed E-state index contributed by atoms with van der Waals surface area (Å²) in [6, 6.07) is 5.07. The van der Waals surface area contributed by atoms with E-state index >= 15 is 0 Å². The van der Waals surface area contributed by atoms with Crippen LogP contribution in [0.1, 0.15) is 61.8 Å². The summed E-state index contributed by atoms with van der Waals surface area (Å²) < 4.78 is 5.51. The minimum Gasteiger partial charge on any atom is -0.496 e. The number of hydrogen-bond acceptors (Lipinski definition) is 2. The van der Waals surface area contributed by atoms with Crippen LogP contribution in [-0.4, -0.2) is 13.7 Å². The molecule has 1 heterocycles. The van der Waals surface area contributed by atoms with Gasteiger partial charge < -0.3 is 10.1 Å². The first-order chi connectivity index (χ1) is 8.63. The second kappa shape index (κ2) is 5.75. The zero-order chi connectivity index (χ0) is 13.1. The third-order valence-corrected chi connectivity index (χ3v) is 3.93. The van der Waals surface area contributed by atoms with Crippen LogP contribution in [0.3, 0.4) is 0 Å². The fourth-order valence-electron chi connectivity index (χ4n) is 2.84. The van der Waals surface area contributed by atoms with E-state index in [4.69, 9.17) is 4.74 Å². The molecule has 2 heteroatoms. The molecular formula is C16H25NO. The first-order valence-electron chi connectivity index (χ1n) is 7.05. The normalized spacial score (nSPS) is 20.2. The Morgan fingerprint density at radius 1 is 1.28 bits per heavy atom. The van der Waals surface area contributed by atoms with Crippen molar-refractivity contribution in [3.8, 4) is 5.75 Å². The topological polar surface area (TPSA) is 21.3 Å². The number of piperidine rings is 1. The standard InChI is InChI=1S/C16H25NO/c1-11(2)13-10-14(12(3)9-16(13)18-4)15-7-5-6-8-17-15/h9-11,15,17H,5-8H2,1-4H3. The lowest BCUT2D eigenvalue weighted by Crippen LogP contribution is -2.27. The predicted molar refractivity (Wildman–Crippen MR) is 76.4 cm³/mol. The molecule has 1 aromatic rings. The molecule has 0 bridgehead atoms. The molecular weight excluding hydrogens is 222 g/mol. The lowest BCUT2D eigenvalue weighted by atomic mass is 9.89. The molecule has 0 aromatic heterocycles. The van der Waals surface area contributed by atoms with Gasteiger partial charge in [0.2, 0.25) is 0 Å². The first-order valence-corrected chi connectivity index (χ1v) is 7.05. The Hall–Kier alpha value is -1.02. The number of nitrogens with one attached hydrogen (secondary N) is 1. The number of ether oxygens (including phenoxy) is 1. The molecule has 0 saturated carbocycles. The van der Waals surface area contributed by atoms with E-state index in [1.165, 1.54) is 36.0 Å². The Kier molecular flexibility index (Phi) is 4.28. The van der Waals surface area contributed by atoms with Crippen LogP contribution in [0, 0.1) is 6.92 Å². The van der Waals surface area contributed by atoms with Crippen molar-refractivity contribution >= 4 is 0 Å². The summed E-state index contributed by atoms with van der Waals surface area (Å²) in [4.78, 5) is 0. The van der Waals surface area contributed by atoms with E-state index in [0.29, 0.717) is 12.0 Å². The van der Waals surface area contributed by atoms with Crippen LogP contribution in [0.15, 0.2) is 12.1 Å². The molecule has 1 atom stereocenters. The van der Waals surface area contributed by atoms with Gasteiger partial charge in [0.05, 0.1) is 7.11 Å². The average Bonchev–Trinajstić information content (AvgIpc) is 2.39. The van der Waals surface area contributed by atoms with Gasteiger partial charge >= 0.3 is 0 Å². The van der Waals surface area contributed by atoms with Crippen molar-refractivity contribution in [2.45, 2.75) is 52.0 Å². The largest absolute Gasteiger partial charge is 0.496 e.